The number of halogens is 3. The molecule has 1 heterocycles. The molecule has 0 unspecified atom stereocenters. The predicted octanol–water partition coefficient (Wildman–Crippen LogP) is 2.82. The smallest absolute Gasteiger partial charge is 0.418 e. The van der Waals surface area contributed by atoms with Gasteiger partial charge >= 0.3 is 12.1 Å². The van der Waals surface area contributed by atoms with Crippen LogP contribution in [0.3, 0.4) is 0 Å². The van der Waals surface area contributed by atoms with E-state index in [4.69, 9.17) is 0 Å². The van der Waals surface area contributed by atoms with Gasteiger partial charge in [-0.15, -0.1) is 0 Å². The summed E-state index contributed by atoms with van der Waals surface area (Å²) in [5.74, 6) is -0.653. The highest BCUT2D eigenvalue weighted by Gasteiger charge is 2.35. The highest BCUT2D eigenvalue weighted by atomic mass is 32.2. The Hall–Kier alpha value is -1.45. The molecule has 1 aromatic rings. The van der Waals surface area contributed by atoms with Gasteiger partial charge < -0.3 is 13.9 Å². The third-order valence-corrected chi connectivity index (χ3v) is 5.25. The van der Waals surface area contributed by atoms with Crippen LogP contribution in [-0.4, -0.2) is 75.5 Å². The molecule has 5 nitrogen and oxygen atoms in total. The van der Waals surface area contributed by atoms with E-state index in [0.29, 0.717) is 13.1 Å². The van der Waals surface area contributed by atoms with Crippen molar-refractivity contribution in [3.63, 3.8) is 0 Å². The van der Waals surface area contributed by atoms with Crippen molar-refractivity contribution in [1.29, 1.82) is 0 Å². The Balaban J connectivity index is 2.21. The fourth-order valence-corrected chi connectivity index (χ4v) is 3.45. The van der Waals surface area contributed by atoms with E-state index in [1.54, 1.807) is 10.6 Å². The molecule has 1 aromatic carbocycles. The summed E-state index contributed by atoms with van der Waals surface area (Å²) < 4.78 is 46.5. The van der Waals surface area contributed by atoms with Crippen LogP contribution in [0.1, 0.15) is 15.9 Å². The number of hydrogen-bond acceptors (Lipinski definition) is 6. The zero-order chi connectivity index (χ0) is 19.3. The molecule has 1 aliphatic rings. The maximum absolute atomic E-state index is 13.4. The molecule has 0 spiro atoms. The summed E-state index contributed by atoms with van der Waals surface area (Å²) in [7, 11) is 3.26. The number of esters is 1. The molecule has 0 amide bonds. The number of anilines is 1. The first-order chi connectivity index (χ1) is 12.3. The van der Waals surface area contributed by atoms with Crippen molar-refractivity contribution in [2.75, 3.05) is 64.0 Å². The van der Waals surface area contributed by atoms with E-state index in [1.165, 1.54) is 25.1 Å². The highest BCUT2D eigenvalue weighted by molar-refractivity contribution is 7.99. The summed E-state index contributed by atoms with van der Waals surface area (Å²) in [6.07, 6.45) is -2.76. The van der Waals surface area contributed by atoms with Crippen LogP contribution in [0.25, 0.3) is 0 Å². The molecule has 1 aliphatic heterocycles. The first-order valence-electron chi connectivity index (χ1n) is 8.28. The number of benzene rings is 1. The molecule has 9 heteroatoms. The Morgan fingerprint density at radius 1 is 1.27 bits per heavy atom. The first-order valence-corrected chi connectivity index (χ1v) is 9.46. The van der Waals surface area contributed by atoms with Crippen LogP contribution in [0.15, 0.2) is 18.2 Å². The van der Waals surface area contributed by atoms with Gasteiger partial charge in [-0.2, -0.15) is 13.2 Å². The standard InChI is InChI=1S/C17H24F3N3O2S/c1-21-6-8-22(9-7-21)10-11-23(26-3)15-12-13(16(24)25-2)4-5-14(15)17(18,19)20/h4-5,12H,6-11H2,1-3H3. The number of carbonyl (C=O) groups is 1. The van der Waals surface area contributed by atoms with Crippen LogP contribution in [0.5, 0.6) is 0 Å². The number of alkyl halides is 3. The van der Waals surface area contributed by atoms with Crippen molar-refractivity contribution < 1.29 is 22.7 Å². The summed E-state index contributed by atoms with van der Waals surface area (Å²) in [6.45, 7) is 4.78. The van der Waals surface area contributed by atoms with Gasteiger partial charge in [-0.1, -0.05) is 11.9 Å². The number of rotatable bonds is 6. The molecule has 1 fully saturated rings. The summed E-state index contributed by atoms with van der Waals surface area (Å²) in [5.41, 5.74) is -0.658. The van der Waals surface area contributed by atoms with Crippen molar-refractivity contribution in [3.8, 4) is 0 Å². The molecule has 0 aliphatic carbocycles. The fraction of sp³-hybridized carbons (Fsp3) is 0.588. The van der Waals surface area contributed by atoms with Gasteiger partial charge in [0.15, 0.2) is 0 Å². The van der Waals surface area contributed by atoms with E-state index < -0.39 is 17.7 Å². The maximum atomic E-state index is 13.4. The molecular weight excluding hydrogens is 367 g/mol. The van der Waals surface area contributed by atoms with Crippen LogP contribution in [0.2, 0.25) is 0 Å². The third-order valence-electron chi connectivity index (χ3n) is 4.43. The van der Waals surface area contributed by atoms with Crippen molar-refractivity contribution in [3.05, 3.63) is 29.3 Å². The predicted molar refractivity (Wildman–Crippen MR) is 97.6 cm³/mol. The molecule has 26 heavy (non-hydrogen) atoms. The van der Waals surface area contributed by atoms with Gasteiger partial charge in [-0.05, 0) is 25.2 Å². The normalized spacial score (nSPS) is 16.5. The summed E-state index contributed by atoms with van der Waals surface area (Å²) in [4.78, 5) is 16.2. The van der Waals surface area contributed by atoms with Gasteiger partial charge in [0, 0.05) is 45.5 Å². The highest BCUT2D eigenvalue weighted by Crippen LogP contribution is 2.39. The van der Waals surface area contributed by atoms with Crippen LogP contribution in [0, 0.1) is 0 Å². The SMILES string of the molecule is COC(=O)c1ccc(C(F)(F)F)c(N(CCN2CCN(C)CC2)SC)c1. The number of piperazine rings is 1. The fourth-order valence-electron chi connectivity index (χ4n) is 2.84. The quantitative estimate of drug-likeness (QED) is 0.548. The Morgan fingerprint density at radius 3 is 2.46 bits per heavy atom. The van der Waals surface area contributed by atoms with Gasteiger partial charge in [-0.25, -0.2) is 4.79 Å². The Bertz CT molecular complexity index is 620. The molecule has 0 radical (unpaired) electrons. The van der Waals surface area contributed by atoms with Gasteiger partial charge in [0.2, 0.25) is 0 Å². The minimum atomic E-state index is -4.49. The molecular formula is C17H24F3N3O2S. The van der Waals surface area contributed by atoms with Crippen molar-refractivity contribution in [2.45, 2.75) is 6.18 Å². The van der Waals surface area contributed by atoms with Crippen LogP contribution in [-0.2, 0) is 10.9 Å². The molecule has 146 valence electrons. The second-order valence-electron chi connectivity index (χ2n) is 6.15. The summed E-state index contributed by atoms with van der Waals surface area (Å²) in [5, 5.41) is 0. The average molecular weight is 391 g/mol. The number of hydrogen-bond donors (Lipinski definition) is 0. The van der Waals surface area contributed by atoms with Gasteiger partial charge in [0.05, 0.1) is 23.9 Å². The van der Waals surface area contributed by atoms with Crippen LogP contribution >= 0.6 is 11.9 Å². The minimum Gasteiger partial charge on any atom is -0.465 e. The van der Waals surface area contributed by atoms with Gasteiger partial charge in [0.25, 0.3) is 0 Å². The summed E-state index contributed by atoms with van der Waals surface area (Å²) in [6, 6.07) is 3.35. The second-order valence-corrected chi connectivity index (χ2v) is 6.96. The van der Waals surface area contributed by atoms with Crippen LogP contribution in [0.4, 0.5) is 18.9 Å². The molecule has 0 saturated carbocycles. The Labute approximate surface area is 156 Å². The number of methoxy groups -OCH3 is 1. The van der Waals surface area contributed by atoms with E-state index >= 15 is 0 Å². The Kier molecular flexibility index (Phi) is 7.19. The Morgan fingerprint density at radius 2 is 1.92 bits per heavy atom. The van der Waals surface area contributed by atoms with E-state index in [-0.39, 0.29) is 11.3 Å². The largest absolute Gasteiger partial charge is 0.465 e. The van der Waals surface area contributed by atoms with E-state index in [9.17, 15) is 18.0 Å². The van der Waals surface area contributed by atoms with Gasteiger partial charge in [0.1, 0.15) is 0 Å². The van der Waals surface area contributed by atoms with E-state index in [2.05, 4.69) is 21.6 Å². The zero-order valence-electron chi connectivity index (χ0n) is 15.2. The van der Waals surface area contributed by atoms with Crippen molar-refractivity contribution >= 4 is 23.6 Å². The molecule has 0 N–H and O–H groups in total. The molecule has 1 saturated heterocycles. The number of nitrogens with zero attached hydrogens (tertiary/aromatic N) is 3. The monoisotopic (exact) mass is 391 g/mol. The molecule has 0 bridgehead atoms. The molecule has 0 atom stereocenters. The topological polar surface area (TPSA) is 36.0 Å². The molecule has 0 aromatic heterocycles. The summed E-state index contributed by atoms with van der Waals surface area (Å²) >= 11 is 1.21. The van der Waals surface area contributed by atoms with E-state index in [1.807, 2.05) is 0 Å². The lowest BCUT2D eigenvalue weighted by atomic mass is 10.1. The van der Waals surface area contributed by atoms with Crippen molar-refractivity contribution in [1.82, 2.24) is 9.80 Å². The maximum Gasteiger partial charge on any atom is 0.418 e. The molecule has 2 rings (SSSR count). The van der Waals surface area contributed by atoms with E-state index in [0.717, 1.165) is 38.3 Å². The lowest BCUT2D eigenvalue weighted by Crippen LogP contribution is -2.46. The second kappa shape index (κ2) is 8.96. The number of ether oxygens (including phenoxy) is 1. The first kappa shape index (κ1) is 20.9. The average Bonchev–Trinajstić information content (AvgIpc) is 2.62. The lowest BCUT2D eigenvalue weighted by molar-refractivity contribution is -0.137. The van der Waals surface area contributed by atoms with Crippen LogP contribution < -0.4 is 4.31 Å². The zero-order valence-corrected chi connectivity index (χ0v) is 16.0. The van der Waals surface area contributed by atoms with Crippen molar-refractivity contribution in [2.24, 2.45) is 0 Å². The minimum absolute atomic E-state index is 0.0120. The number of likely N-dealkylation sites (N-methyl/N-ethyl adjacent to an activating group) is 1. The lowest BCUT2D eigenvalue weighted by Gasteiger charge is -2.34. The third kappa shape index (κ3) is 5.28. The van der Waals surface area contributed by atoms with Gasteiger partial charge in [-0.3, -0.25) is 4.90 Å². The number of carbonyl (C=O) groups excluding carboxylic acids is 1.